The number of nitrogens with zero attached hydrogens (tertiary/aromatic N) is 1. The number of ether oxygens (including phenoxy) is 1. The van der Waals surface area contributed by atoms with E-state index >= 15 is 0 Å². The molecule has 88 valence electrons. The van der Waals surface area contributed by atoms with Crippen LogP contribution in [0.1, 0.15) is 39.0 Å². The highest BCUT2D eigenvalue weighted by Gasteiger charge is 2.22. The highest BCUT2D eigenvalue weighted by atomic mass is 16.5. The topological polar surface area (TPSA) is 48.1 Å². The van der Waals surface area contributed by atoms with Crippen LogP contribution in [0.15, 0.2) is 18.2 Å². The van der Waals surface area contributed by atoms with Crippen LogP contribution >= 0.6 is 0 Å². The summed E-state index contributed by atoms with van der Waals surface area (Å²) in [5.41, 5.74) is 5.63. The predicted molar refractivity (Wildman–Crippen MR) is 65.3 cm³/mol. The average molecular weight is 220 g/mol. The number of aromatic nitrogens is 1. The van der Waals surface area contributed by atoms with Crippen LogP contribution in [-0.2, 0) is 0 Å². The summed E-state index contributed by atoms with van der Waals surface area (Å²) in [6, 6.07) is 5.55. The molecule has 0 spiro atoms. The second kappa shape index (κ2) is 5.19. The summed E-state index contributed by atoms with van der Waals surface area (Å²) in [6.45, 7) is 2.26. The fourth-order valence-electron chi connectivity index (χ4n) is 2.39. The van der Waals surface area contributed by atoms with Crippen LogP contribution in [0.5, 0.6) is 5.88 Å². The molecule has 1 aliphatic rings. The first kappa shape index (κ1) is 11.2. The minimum Gasteiger partial charge on any atom is -0.474 e. The minimum absolute atomic E-state index is 0.327. The van der Waals surface area contributed by atoms with Crippen molar-refractivity contribution in [1.82, 2.24) is 4.98 Å². The number of hydrogen-bond acceptors (Lipinski definition) is 3. The normalized spacial score (nSPS) is 25.3. The van der Waals surface area contributed by atoms with Gasteiger partial charge in [-0.25, -0.2) is 0 Å². The molecule has 1 saturated carbocycles. The molecule has 0 saturated heterocycles. The first-order valence-corrected chi connectivity index (χ1v) is 6.17. The molecule has 3 nitrogen and oxygen atoms in total. The molecule has 2 rings (SSSR count). The monoisotopic (exact) mass is 220 g/mol. The zero-order valence-electron chi connectivity index (χ0n) is 9.86. The summed E-state index contributed by atoms with van der Waals surface area (Å²) in [5.74, 6) is 2.02. The van der Waals surface area contributed by atoms with Crippen molar-refractivity contribution in [3.05, 3.63) is 18.2 Å². The van der Waals surface area contributed by atoms with Gasteiger partial charge in [-0.05, 0) is 31.2 Å². The second-order valence-corrected chi connectivity index (χ2v) is 4.58. The molecule has 0 bridgehead atoms. The molecule has 2 unspecified atom stereocenters. The Morgan fingerprint density at radius 3 is 3.06 bits per heavy atom. The average Bonchev–Trinajstić information content (AvgIpc) is 2.29. The van der Waals surface area contributed by atoms with Gasteiger partial charge in [-0.1, -0.05) is 25.8 Å². The molecule has 3 heteroatoms. The van der Waals surface area contributed by atoms with Gasteiger partial charge in [0.05, 0.1) is 0 Å². The van der Waals surface area contributed by atoms with E-state index in [2.05, 4.69) is 11.9 Å². The van der Waals surface area contributed by atoms with E-state index in [4.69, 9.17) is 10.5 Å². The van der Waals surface area contributed by atoms with E-state index in [9.17, 15) is 0 Å². The lowest BCUT2D eigenvalue weighted by atomic mass is 9.85. The van der Waals surface area contributed by atoms with E-state index < -0.39 is 0 Å². The van der Waals surface area contributed by atoms with Crippen molar-refractivity contribution < 1.29 is 4.74 Å². The zero-order valence-corrected chi connectivity index (χ0v) is 9.86. The van der Waals surface area contributed by atoms with Crippen LogP contribution in [0.2, 0.25) is 0 Å². The lowest BCUT2D eigenvalue weighted by Gasteiger charge is -2.28. The highest BCUT2D eigenvalue weighted by molar-refractivity contribution is 5.31. The smallest absolute Gasteiger partial charge is 0.215 e. The lowest BCUT2D eigenvalue weighted by molar-refractivity contribution is 0.117. The van der Waals surface area contributed by atoms with Gasteiger partial charge in [0, 0.05) is 6.07 Å². The Balaban J connectivity index is 1.94. The van der Waals surface area contributed by atoms with E-state index in [0.717, 1.165) is 18.8 Å². The van der Waals surface area contributed by atoms with Gasteiger partial charge in [0.2, 0.25) is 5.88 Å². The van der Waals surface area contributed by atoms with Gasteiger partial charge in [-0.15, -0.1) is 0 Å². The van der Waals surface area contributed by atoms with Gasteiger partial charge in [0.25, 0.3) is 0 Å². The largest absolute Gasteiger partial charge is 0.474 e. The molecule has 1 aliphatic carbocycles. The highest BCUT2D eigenvalue weighted by Crippen LogP contribution is 2.29. The maximum atomic E-state index is 5.88. The zero-order chi connectivity index (χ0) is 11.4. The standard InChI is InChI=1S/C13H20N2O/c1-2-10-5-3-6-11(9-10)16-13-8-4-7-12(14)15-13/h4,7-8,10-11H,2-3,5-6,9H2,1H3,(H2,14,15). The van der Waals surface area contributed by atoms with Crippen molar-refractivity contribution in [3.63, 3.8) is 0 Å². The van der Waals surface area contributed by atoms with Crippen molar-refractivity contribution in [2.75, 3.05) is 5.73 Å². The molecule has 2 atom stereocenters. The molecule has 1 fully saturated rings. The SMILES string of the molecule is CCC1CCCC(Oc2cccc(N)n2)C1. The van der Waals surface area contributed by atoms with Crippen LogP contribution in [0.3, 0.4) is 0 Å². The number of rotatable bonds is 3. The fourth-order valence-corrected chi connectivity index (χ4v) is 2.39. The lowest BCUT2D eigenvalue weighted by Crippen LogP contribution is -2.25. The Morgan fingerprint density at radius 2 is 2.31 bits per heavy atom. The van der Waals surface area contributed by atoms with E-state index in [1.165, 1.54) is 19.3 Å². The number of anilines is 1. The molecular formula is C13H20N2O. The quantitative estimate of drug-likeness (QED) is 0.851. The third-order valence-electron chi connectivity index (χ3n) is 3.34. The number of hydrogen-bond donors (Lipinski definition) is 1. The fraction of sp³-hybridized carbons (Fsp3) is 0.615. The van der Waals surface area contributed by atoms with E-state index in [1.54, 1.807) is 6.07 Å². The Kier molecular flexibility index (Phi) is 3.65. The maximum absolute atomic E-state index is 5.88. The van der Waals surface area contributed by atoms with Gasteiger partial charge in [0.1, 0.15) is 11.9 Å². The van der Waals surface area contributed by atoms with Crippen LogP contribution < -0.4 is 10.5 Å². The van der Waals surface area contributed by atoms with Gasteiger partial charge in [-0.3, -0.25) is 0 Å². The molecule has 2 N–H and O–H groups in total. The summed E-state index contributed by atoms with van der Waals surface area (Å²) in [7, 11) is 0. The summed E-state index contributed by atoms with van der Waals surface area (Å²) < 4.78 is 5.88. The molecule has 0 aliphatic heterocycles. The van der Waals surface area contributed by atoms with E-state index in [-0.39, 0.29) is 0 Å². The predicted octanol–water partition coefficient (Wildman–Crippen LogP) is 3.01. The molecule has 1 aromatic heterocycles. The Hall–Kier alpha value is -1.25. The molecule has 0 amide bonds. The Labute approximate surface area is 97.0 Å². The molecule has 16 heavy (non-hydrogen) atoms. The third kappa shape index (κ3) is 2.87. The Morgan fingerprint density at radius 1 is 1.44 bits per heavy atom. The van der Waals surface area contributed by atoms with Crippen LogP contribution in [0, 0.1) is 5.92 Å². The van der Waals surface area contributed by atoms with Gasteiger partial charge in [0.15, 0.2) is 0 Å². The summed E-state index contributed by atoms with van der Waals surface area (Å²) in [5, 5.41) is 0. The van der Waals surface area contributed by atoms with Crippen molar-refractivity contribution in [1.29, 1.82) is 0 Å². The van der Waals surface area contributed by atoms with Crippen molar-refractivity contribution in [3.8, 4) is 5.88 Å². The molecular weight excluding hydrogens is 200 g/mol. The van der Waals surface area contributed by atoms with Crippen molar-refractivity contribution >= 4 is 5.82 Å². The maximum Gasteiger partial charge on any atom is 0.215 e. The van der Waals surface area contributed by atoms with Crippen LogP contribution in [-0.4, -0.2) is 11.1 Å². The van der Waals surface area contributed by atoms with Crippen molar-refractivity contribution in [2.24, 2.45) is 5.92 Å². The van der Waals surface area contributed by atoms with Gasteiger partial charge >= 0.3 is 0 Å². The molecule has 0 radical (unpaired) electrons. The van der Waals surface area contributed by atoms with Gasteiger partial charge < -0.3 is 10.5 Å². The van der Waals surface area contributed by atoms with Crippen LogP contribution in [0.4, 0.5) is 5.82 Å². The van der Waals surface area contributed by atoms with E-state index in [0.29, 0.717) is 17.8 Å². The Bertz CT molecular complexity index is 340. The second-order valence-electron chi connectivity index (χ2n) is 4.58. The molecule has 1 heterocycles. The summed E-state index contributed by atoms with van der Waals surface area (Å²) in [4.78, 5) is 4.17. The third-order valence-corrected chi connectivity index (χ3v) is 3.34. The summed E-state index contributed by atoms with van der Waals surface area (Å²) >= 11 is 0. The minimum atomic E-state index is 0.327. The number of pyridine rings is 1. The molecule has 1 aromatic rings. The molecule has 0 aromatic carbocycles. The van der Waals surface area contributed by atoms with E-state index in [1.807, 2.05) is 12.1 Å². The first-order chi connectivity index (χ1) is 7.78. The number of nitrogen functional groups attached to an aromatic ring is 1. The van der Waals surface area contributed by atoms with Gasteiger partial charge in [-0.2, -0.15) is 4.98 Å². The summed E-state index contributed by atoms with van der Waals surface area (Å²) in [6.07, 6.45) is 6.50. The number of nitrogens with two attached hydrogens (primary N) is 1. The van der Waals surface area contributed by atoms with Crippen LogP contribution in [0.25, 0.3) is 0 Å². The first-order valence-electron chi connectivity index (χ1n) is 6.17. The van der Waals surface area contributed by atoms with Crippen molar-refractivity contribution in [2.45, 2.75) is 45.1 Å².